The Labute approximate surface area is 121 Å². The summed E-state index contributed by atoms with van der Waals surface area (Å²) in [6.07, 6.45) is 3.52. The molecule has 0 amide bonds. The van der Waals surface area contributed by atoms with Gasteiger partial charge in [-0.2, -0.15) is 0 Å². The number of hydrogen-bond donors (Lipinski definition) is 0. The average molecular weight is 288 g/mol. The Bertz CT molecular complexity index is 750. The Kier molecular flexibility index (Phi) is 3.36. The first-order chi connectivity index (χ1) is 9.65. The fraction of sp³-hybridized carbons (Fsp3) is 0.286. The monoisotopic (exact) mass is 287 g/mol. The summed E-state index contributed by atoms with van der Waals surface area (Å²) < 4.78 is 2.01. The van der Waals surface area contributed by atoms with Crippen LogP contribution in [0, 0.1) is 6.92 Å². The third kappa shape index (κ3) is 2.36. The molecule has 0 fully saturated rings. The van der Waals surface area contributed by atoms with Gasteiger partial charge in [0.05, 0.1) is 17.6 Å². The van der Waals surface area contributed by atoms with E-state index in [-0.39, 0.29) is 5.38 Å². The molecule has 3 aromatic rings. The number of aromatic nitrogens is 5. The number of pyridine rings is 1. The number of imidazole rings is 1. The molecule has 3 heterocycles. The molecule has 0 saturated carbocycles. The summed E-state index contributed by atoms with van der Waals surface area (Å²) in [6.45, 7) is 4.37. The SMILES string of the molecule is Cc1nccc(Cn2c(C(C)Cl)nc3cccnc32)n1. The van der Waals surface area contributed by atoms with Crippen LogP contribution in [0.1, 0.15) is 29.6 Å². The maximum atomic E-state index is 6.23. The van der Waals surface area contributed by atoms with E-state index in [2.05, 4.69) is 19.9 Å². The van der Waals surface area contributed by atoms with Gasteiger partial charge in [-0.25, -0.2) is 19.9 Å². The van der Waals surface area contributed by atoms with Gasteiger partial charge in [0.25, 0.3) is 0 Å². The van der Waals surface area contributed by atoms with Gasteiger partial charge in [0, 0.05) is 12.4 Å². The van der Waals surface area contributed by atoms with Gasteiger partial charge in [-0.1, -0.05) is 0 Å². The van der Waals surface area contributed by atoms with E-state index in [1.807, 2.05) is 36.6 Å². The van der Waals surface area contributed by atoms with E-state index >= 15 is 0 Å². The van der Waals surface area contributed by atoms with Gasteiger partial charge in [0.15, 0.2) is 5.65 Å². The van der Waals surface area contributed by atoms with Gasteiger partial charge in [-0.05, 0) is 32.0 Å². The molecule has 102 valence electrons. The number of rotatable bonds is 3. The largest absolute Gasteiger partial charge is 0.305 e. The van der Waals surface area contributed by atoms with Crippen LogP contribution in [-0.4, -0.2) is 24.5 Å². The molecule has 0 saturated heterocycles. The molecule has 0 radical (unpaired) electrons. The maximum absolute atomic E-state index is 6.23. The van der Waals surface area contributed by atoms with Gasteiger partial charge in [0.2, 0.25) is 0 Å². The van der Waals surface area contributed by atoms with E-state index in [4.69, 9.17) is 11.6 Å². The van der Waals surface area contributed by atoms with Crippen molar-refractivity contribution in [3.8, 4) is 0 Å². The summed E-state index contributed by atoms with van der Waals surface area (Å²) in [4.78, 5) is 17.5. The lowest BCUT2D eigenvalue weighted by molar-refractivity contribution is 0.715. The van der Waals surface area contributed by atoms with Crippen LogP contribution in [0.15, 0.2) is 30.6 Å². The minimum Gasteiger partial charge on any atom is -0.305 e. The molecule has 0 spiro atoms. The van der Waals surface area contributed by atoms with Crippen molar-refractivity contribution >= 4 is 22.8 Å². The highest BCUT2D eigenvalue weighted by Crippen LogP contribution is 2.23. The number of nitrogens with zero attached hydrogens (tertiary/aromatic N) is 5. The first-order valence-corrected chi connectivity index (χ1v) is 6.82. The van der Waals surface area contributed by atoms with E-state index in [1.54, 1.807) is 12.4 Å². The second-order valence-electron chi connectivity index (χ2n) is 4.61. The lowest BCUT2D eigenvalue weighted by Crippen LogP contribution is -2.08. The first kappa shape index (κ1) is 13.0. The molecule has 0 aliphatic carbocycles. The average Bonchev–Trinajstić information content (AvgIpc) is 2.78. The molecule has 1 unspecified atom stereocenters. The predicted molar refractivity (Wildman–Crippen MR) is 77.7 cm³/mol. The highest BCUT2D eigenvalue weighted by molar-refractivity contribution is 6.20. The predicted octanol–water partition coefficient (Wildman–Crippen LogP) is 2.88. The molecule has 0 bridgehead atoms. The second kappa shape index (κ2) is 5.17. The van der Waals surface area contributed by atoms with E-state index < -0.39 is 0 Å². The molecule has 0 aliphatic heterocycles. The van der Waals surface area contributed by atoms with Crippen LogP contribution in [-0.2, 0) is 6.54 Å². The Balaban J connectivity index is 2.11. The molecule has 3 rings (SSSR count). The summed E-state index contributed by atoms with van der Waals surface area (Å²) in [5.74, 6) is 1.55. The molecule has 0 aliphatic rings. The second-order valence-corrected chi connectivity index (χ2v) is 5.27. The van der Waals surface area contributed by atoms with Crippen molar-refractivity contribution in [2.75, 3.05) is 0 Å². The minimum absolute atomic E-state index is 0.188. The first-order valence-electron chi connectivity index (χ1n) is 6.39. The van der Waals surface area contributed by atoms with E-state index in [0.29, 0.717) is 6.54 Å². The Morgan fingerprint density at radius 3 is 2.80 bits per heavy atom. The van der Waals surface area contributed by atoms with Crippen LogP contribution in [0.25, 0.3) is 11.2 Å². The van der Waals surface area contributed by atoms with Crippen LogP contribution in [0.2, 0.25) is 0 Å². The van der Waals surface area contributed by atoms with Gasteiger partial charge in [-0.3, -0.25) is 0 Å². The number of halogens is 1. The van der Waals surface area contributed by atoms with Gasteiger partial charge in [0.1, 0.15) is 17.2 Å². The number of fused-ring (bicyclic) bond motifs is 1. The molecule has 3 aromatic heterocycles. The maximum Gasteiger partial charge on any atom is 0.160 e. The number of alkyl halides is 1. The highest BCUT2D eigenvalue weighted by atomic mass is 35.5. The topological polar surface area (TPSA) is 56.5 Å². The summed E-state index contributed by atoms with van der Waals surface area (Å²) in [5.41, 5.74) is 2.59. The lowest BCUT2D eigenvalue weighted by atomic mass is 10.3. The third-order valence-electron chi connectivity index (χ3n) is 3.04. The smallest absolute Gasteiger partial charge is 0.160 e. The Morgan fingerprint density at radius 1 is 1.20 bits per heavy atom. The minimum atomic E-state index is -0.188. The van der Waals surface area contributed by atoms with Crippen LogP contribution in [0.3, 0.4) is 0 Å². The quantitative estimate of drug-likeness (QED) is 0.695. The van der Waals surface area contributed by atoms with Gasteiger partial charge >= 0.3 is 0 Å². The fourth-order valence-corrected chi connectivity index (χ4v) is 2.36. The van der Waals surface area contributed by atoms with Crippen LogP contribution >= 0.6 is 11.6 Å². The standard InChI is InChI=1S/C14H14ClN5/c1-9(15)13-19-12-4-3-6-17-14(12)20(13)8-11-5-7-16-10(2)18-11/h3-7,9H,8H2,1-2H3. The molecule has 5 nitrogen and oxygen atoms in total. The fourth-order valence-electron chi connectivity index (χ4n) is 2.19. The number of hydrogen-bond acceptors (Lipinski definition) is 4. The van der Waals surface area contributed by atoms with Crippen LogP contribution in [0.5, 0.6) is 0 Å². The molecule has 0 aromatic carbocycles. The molecular formula is C14H14ClN5. The zero-order chi connectivity index (χ0) is 14.1. The summed E-state index contributed by atoms with van der Waals surface area (Å²) in [7, 11) is 0. The summed E-state index contributed by atoms with van der Waals surface area (Å²) in [6, 6.07) is 5.70. The van der Waals surface area contributed by atoms with Crippen molar-refractivity contribution in [2.24, 2.45) is 0 Å². The molecule has 20 heavy (non-hydrogen) atoms. The van der Waals surface area contributed by atoms with E-state index in [0.717, 1.165) is 28.5 Å². The molecule has 1 atom stereocenters. The van der Waals surface area contributed by atoms with Crippen molar-refractivity contribution < 1.29 is 0 Å². The van der Waals surface area contributed by atoms with Crippen LogP contribution in [0.4, 0.5) is 0 Å². The van der Waals surface area contributed by atoms with Gasteiger partial charge in [-0.15, -0.1) is 11.6 Å². The zero-order valence-corrected chi connectivity index (χ0v) is 12.0. The van der Waals surface area contributed by atoms with Gasteiger partial charge < -0.3 is 4.57 Å². The van der Waals surface area contributed by atoms with Crippen molar-refractivity contribution in [1.29, 1.82) is 0 Å². The molecule has 0 N–H and O–H groups in total. The van der Waals surface area contributed by atoms with Crippen molar-refractivity contribution in [3.63, 3.8) is 0 Å². The molecular weight excluding hydrogens is 274 g/mol. The summed E-state index contributed by atoms with van der Waals surface area (Å²) >= 11 is 6.23. The Hall–Kier alpha value is -2.01. The van der Waals surface area contributed by atoms with Crippen LogP contribution < -0.4 is 0 Å². The van der Waals surface area contributed by atoms with Crippen molar-refractivity contribution in [3.05, 3.63) is 47.9 Å². The normalized spacial score (nSPS) is 12.8. The van der Waals surface area contributed by atoms with Crippen molar-refractivity contribution in [2.45, 2.75) is 25.8 Å². The number of aryl methyl sites for hydroxylation is 1. The zero-order valence-electron chi connectivity index (χ0n) is 11.3. The lowest BCUT2D eigenvalue weighted by Gasteiger charge is -2.09. The highest BCUT2D eigenvalue weighted by Gasteiger charge is 2.16. The van der Waals surface area contributed by atoms with E-state index in [9.17, 15) is 0 Å². The van der Waals surface area contributed by atoms with E-state index in [1.165, 1.54) is 0 Å². The Morgan fingerprint density at radius 2 is 2.05 bits per heavy atom. The summed E-state index contributed by atoms with van der Waals surface area (Å²) in [5, 5.41) is -0.188. The van der Waals surface area contributed by atoms with Crippen molar-refractivity contribution in [1.82, 2.24) is 24.5 Å². The molecule has 6 heteroatoms. The third-order valence-corrected chi connectivity index (χ3v) is 3.24.